The fourth-order valence-electron chi connectivity index (χ4n) is 4.72. The number of benzene rings is 2. The standard InChI is InChI=1S/C26H24ClF2N5O/c27-20-6-4-7-22-24(20)19(16-34(22)26-30-10-5-11-31-26)25(35)32-15-23(33-12-2-1-3-13-33)18-9-8-17(28)14-21(18)29/h4-11,14,16,23H,1-3,12-13,15H2,(H,32,35). The molecule has 180 valence electrons. The lowest BCUT2D eigenvalue weighted by Gasteiger charge is -2.35. The van der Waals surface area contributed by atoms with Crippen LogP contribution in [0.2, 0.25) is 5.02 Å². The molecule has 1 atom stereocenters. The molecule has 5 rings (SSSR count). The van der Waals surface area contributed by atoms with Gasteiger partial charge in [-0.05, 0) is 50.2 Å². The molecular weight excluding hydrogens is 472 g/mol. The Morgan fingerprint density at radius 2 is 1.83 bits per heavy atom. The van der Waals surface area contributed by atoms with Gasteiger partial charge in [0.15, 0.2) is 0 Å². The van der Waals surface area contributed by atoms with Crippen molar-refractivity contribution in [1.29, 1.82) is 0 Å². The Bertz CT molecular complexity index is 1350. The fourth-order valence-corrected chi connectivity index (χ4v) is 4.99. The summed E-state index contributed by atoms with van der Waals surface area (Å²) in [5.41, 5.74) is 1.44. The van der Waals surface area contributed by atoms with Crippen molar-refractivity contribution in [2.45, 2.75) is 25.3 Å². The summed E-state index contributed by atoms with van der Waals surface area (Å²) in [7, 11) is 0. The van der Waals surface area contributed by atoms with Gasteiger partial charge in [0.25, 0.3) is 5.91 Å². The Balaban J connectivity index is 1.47. The number of piperidine rings is 1. The lowest BCUT2D eigenvalue weighted by molar-refractivity contribution is 0.0924. The zero-order chi connectivity index (χ0) is 24.4. The highest BCUT2D eigenvalue weighted by Gasteiger charge is 2.27. The molecule has 0 spiro atoms. The minimum absolute atomic E-state index is 0.167. The number of hydrogen-bond donors (Lipinski definition) is 1. The first-order chi connectivity index (χ1) is 17.0. The second kappa shape index (κ2) is 10.1. The van der Waals surface area contributed by atoms with Gasteiger partial charge in [0, 0.05) is 42.2 Å². The number of fused-ring (bicyclic) bond motifs is 1. The predicted molar refractivity (Wildman–Crippen MR) is 131 cm³/mol. The summed E-state index contributed by atoms with van der Waals surface area (Å²) >= 11 is 6.50. The van der Waals surface area contributed by atoms with Gasteiger partial charge < -0.3 is 5.32 Å². The van der Waals surface area contributed by atoms with Crippen LogP contribution in [-0.4, -0.2) is 45.0 Å². The van der Waals surface area contributed by atoms with E-state index < -0.39 is 17.7 Å². The third-order valence-corrected chi connectivity index (χ3v) is 6.71. The first-order valence-electron chi connectivity index (χ1n) is 11.6. The fraction of sp³-hybridized carbons (Fsp3) is 0.269. The summed E-state index contributed by atoms with van der Waals surface area (Å²) in [6, 6.07) is 10.3. The van der Waals surface area contributed by atoms with Crippen LogP contribution in [-0.2, 0) is 0 Å². The number of halogens is 3. The van der Waals surface area contributed by atoms with Gasteiger partial charge in [-0.15, -0.1) is 0 Å². The molecule has 1 amide bonds. The highest BCUT2D eigenvalue weighted by Crippen LogP contribution is 2.31. The normalized spacial score (nSPS) is 15.3. The van der Waals surface area contributed by atoms with Crippen LogP contribution in [0.4, 0.5) is 8.78 Å². The molecule has 1 unspecified atom stereocenters. The predicted octanol–water partition coefficient (Wildman–Crippen LogP) is 5.31. The van der Waals surface area contributed by atoms with Crippen LogP contribution < -0.4 is 5.32 Å². The molecule has 1 aliphatic heterocycles. The van der Waals surface area contributed by atoms with E-state index in [2.05, 4.69) is 20.2 Å². The second-order valence-corrected chi connectivity index (χ2v) is 8.99. The van der Waals surface area contributed by atoms with Crippen LogP contribution in [0, 0.1) is 11.6 Å². The van der Waals surface area contributed by atoms with Crippen LogP contribution >= 0.6 is 11.6 Å². The van der Waals surface area contributed by atoms with E-state index in [4.69, 9.17) is 11.6 Å². The summed E-state index contributed by atoms with van der Waals surface area (Å²) in [5.74, 6) is -1.17. The number of likely N-dealkylation sites (tertiary alicyclic amines) is 1. The van der Waals surface area contributed by atoms with Crippen LogP contribution in [0.5, 0.6) is 0 Å². The van der Waals surface area contributed by atoms with Crippen molar-refractivity contribution >= 4 is 28.4 Å². The van der Waals surface area contributed by atoms with Crippen molar-refractivity contribution in [1.82, 2.24) is 24.8 Å². The molecule has 4 aromatic rings. The van der Waals surface area contributed by atoms with Gasteiger partial charge >= 0.3 is 0 Å². The molecule has 3 heterocycles. The van der Waals surface area contributed by atoms with E-state index in [-0.39, 0.29) is 12.5 Å². The van der Waals surface area contributed by atoms with E-state index >= 15 is 0 Å². The minimum atomic E-state index is -0.627. The van der Waals surface area contributed by atoms with Crippen molar-refractivity contribution in [2.75, 3.05) is 19.6 Å². The highest BCUT2D eigenvalue weighted by atomic mass is 35.5. The maximum atomic E-state index is 14.7. The van der Waals surface area contributed by atoms with Gasteiger partial charge in [0.2, 0.25) is 5.95 Å². The van der Waals surface area contributed by atoms with Gasteiger partial charge in [0.05, 0.1) is 22.1 Å². The first kappa shape index (κ1) is 23.4. The van der Waals surface area contributed by atoms with Gasteiger partial charge in [-0.1, -0.05) is 30.2 Å². The number of amides is 1. The molecule has 6 nitrogen and oxygen atoms in total. The third kappa shape index (κ3) is 4.76. The molecule has 2 aromatic heterocycles. The van der Waals surface area contributed by atoms with Gasteiger partial charge in [-0.3, -0.25) is 14.3 Å². The number of rotatable bonds is 6. The minimum Gasteiger partial charge on any atom is -0.350 e. The zero-order valence-corrected chi connectivity index (χ0v) is 19.7. The lowest BCUT2D eigenvalue weighted by Crippen LogP contribution is -2.41. The molecular formula is C26H24ClF2N5O. The second-order valence-electron chi connectivity index (χ2n) is 8.58. The Hall–Kier alpha value is -3.36. The quantitative estimate of drug-likeness (QED) is 0.394. The van der Waals surface area contributed by atoms with Crippen LogP contribution in [0.25, 0.3) is 16.9 Å². The van der Waals surface area contributed by atoms with E-state index in [0.717, 1.165) is 38.4 Å². The number of nitrogens with one attached hydrogen (secondary N) is 1. The Morgan fingerprint density at radius 1 is 1.06 bits per heavy atom. The van der Waals surface area contributed by atoms with E-state index in [1.807, 2.05) is 6.07 Å². The van der Waals surface area contributed by atoms with Crippen molar-refractivity contribution in [3.8, 4) is 5.95 Å². The molecule has 1 aliphatic rings. The molecule has 2 aromatic carbocycles. The average Bonchev–Trinajstić information content (AvgIpc) is 3.27. The maximum Gasteiger partial charge on any atom is 0.253 e. The zero-order valence-electron chi connectivity index (χ0n) is 18.9. The number of hydrogen-bond acceptors (Lipinski definition) is 4. The number of aromatic nitrogens is 3. The largest absolute Gasteiger partial charge is 0.350 e. The molecule has 0 saturated carbocycles. The SMILES string of the molecule is O=C(NCC(c1ccc(F)cc1F)N1CCCCC1)c1cn(-c2ncccn2)c2cccc(Cl)c12. The Morgan fingerprint density at radius 3 is 2.57 bits per heavy atom. The smallest absolute Gasteiger partial charge is 0.253 e. The monoisotopic (exact) mass is 495 g/mol. The summed E-state index contributed by atoms with van der Waals surface area (Å²) in [6.07, 6.45) is 8.01. The van der Waals surface area contributed by atoms with Gasteiger partial charge in [-0.2, -0.15) is 0 Å². The Labute approximate surface area is 206 Å². The molecule has 1 fully saturated rings. The lowest BCUT2D eigenvalue weighted by atomic mass is 10.0. The van der Waals surface area contributed by atoms with Crippen LogP contribution in [0.1, 0.15) is 41.2 Å². The molecule has 0 radical (unpaired) electrons. The van der Waals surface area contributed by atoms with Crippen molar-refractivity contribution < 1.29 is 13.6 Å². The average molecular weight is 496 g/mol. The van der Waals surface area contributed by atoms with E-state index in [1.54, 1.807) is 41.4 Å². The highest BCUT2D eigenvalue weighted by molar-refractivity contribution is 6.37. The summed E-state index contributed by atoms with van der Waals surface area (Å²) in [4.78, 5) is 24.1. The number of carbonyl (C=O) groups excluding carboxylic acids is 1. The van der Waals surface area contributed by atoms with E-state index in [9.17, 15) is 13.6 Å². The van der Waals surface area contributed by atoms with E-state index in [1.165, 1.54) is 12.1 Å². The molecule has 9 heteroatoms. The number of nitrogens with zero attached hydrogens (tertiary/aromatic N) is 4. The van der Waals surface area contributed by atoms with Crippen LogP contribution in [0.3, 0.4) is 0 Å². The molecule has 0 bridgehead atoms. The first-order valence-corrected chi connectivity index (χ1v) is 11.9. The summed E-state index contributed by atoms with van der Waals surface area (Å²) < 4.78 is 30.0. The number of carbonyl (C=O) groups is 1. The third-order valence-electron chi connectivity index (χ3n) is 6.40. The molecule has 1 N–H and O–H groups in total. The van der Waals surface area contributed by atoms with E-state index in [0.29, 0.717) is 33.0 Å². The van der Waals surface area contributed by atoms with Crippen molar-refractivity contribution in [2.24, 2.45) is 0 Å². The molecule has 0 aliphatic carbocycles. The molecule has 1 saturated heterocycles. The van der Waals surface area contributed by atoms with Crippen molar-refractivity contribution in [3.05, 3.63) is 88.8 Å². The topological polar surface area (TPSA) is 63.1 Å². The van der Waals surface area contributed by atoms with Crippen molar-refractivity contribution in [3.63, 3.8) is 0 Å². The van der Waals surface area contributed by atoms with Gasteiger partial charge in [0.1, 0.15) is 11.6 Å². The maximum absolute atomic E-state index is 14.7. The summed E-state index contributed by atoms with van der Waals surface area (Å²) in [6.45, 7) is 1.74. The van der Waals surface area contributed by atoms with Gasteiger partial charge in [-0.25, -0.2) is 18.7 Å². The molecule has 35 heavy (non-hydrogen) atoms. The summed E-state index contributed by atoms with van der Waals surface area (Å²) in [5, 5.41) is 3.98. The van der Waals surface area contributed by atoms with Crippen LogP contribution in [0.15, 0.2) is 61.1 Å². The Kier molecular flexibility index (Phi) is 6.74.